The predicted molar refractivity (Wildman–Crippen MR) is 104 cm³/mol. The van der Waals surface area contributed by atoms with Crippen molar-refractivity contribution in [1.82, 2.24) is 20.4 Å². The maximum Gasteiger partial charge on any atom is 0.307 e. The molecule has 1 aliphatic rings. The minimum Gasteiger partial charge on any atom is -0.469 e. The Morgan fingerprint density at radius 1 is 1.33 bits per heavy atom. The molecule has 1 aromatic heterocycles. The number of halogens is 1. The van der Waals surface area contributed by atoms with Crippen molar-refractivity contribution >= 4 is 24.3 Å². The number of carbonyl (C=O) groups excluding carboxylic acids is 2. The predicted octanol–water partition coefficient (Wildman–Crippen LogP) is 2.26. The van der Waals surface area contributed by atoms with Crippen LogP contribution in [-0.4, -0.2) is 41.9 Å². The van der Waals surface area contributed by atoms with Crippen LogP contribution in [0.3, 0.4) is 0 Å². The molecule has 1 aromatic carbocycles. The summed E-state index contributed by atoms with van der Waals surface area (Å²) in [4.78, 5) is 24.4. The molecule has 146 valence electrons. The number of hydrogen-bond acceptors (Lipinski definition) is 5. The highest BCUT2D eigenvalue weighted by Crippen LogP contribution is 2.19. The van der Waals surface area contributed by atoms with Crippen LogP contribution in [0.15, 0.2) is 42.6 Å². The molecule has 0 saturated carbocycles. The van der Waals surface area contributed by atoms with Crippen LogP contribution < -0.4 is 10.6 Å². The van der Waals surface area contributed by atoms with Crippen molar-refractivity contribution in [2.24, 2.45) is 0 Å². The molecule has 0 bridgehead atoms. The summed E-state index contributed by atoms with van der Waals surface area (Å²) in [6, 6.07) is 10.9. The molecule has 8 heteroatoms. The molecule has 2 atom stereocenters. The molecule has 2 heterocycles. The third-order valence-electron chi connectivity index (χ3n) is 4.59. The van der Waals surface area contributed by atoms with Gasteiger partial charge >= 0.3 is 5.97 Å². The highest BCUT2D eigenvalue weighted by atomic mass is 35.5. The third-order valence-corrected chi connectivity index (χ3v) is 4.59. The van der Waals surface area contributed by atoms with E-state index in [4.69, 9.17) is 4.74 Å². The van der Waals surface area contributed by atoms with E-state index in [2.05, 4.69) is 15.7 Å². The lowest BCUT2D eigenvalue weighted by atomic mass is 10.0. The largest absolute Gasteiger partial charge is 0.469 e. The van der Waals surface area contributed by atoms with Crippen molar-refractivity contribution in [2.75, 3.05) is 20.2 Å². The van der Waals surface area contributed by atoms with Crippen LogP contribution in [0.4, 0.5) is 0 Å². The molecular weight excluding hydrogens is 368 g/mol. The van der Waals surface area contributed by atoms with E-state index in [1.807, 2.05) is 41.2 Å². The summed E-state index contributed by atoms with van der Waals surface area (Å²) in [6.07, 6.45) is 4.05. The fraction of sp³-hybridized carbons (Fsp3) is 0.421. The zero-order valence-electron chi connectivity index (χ0n) is 15.3. The first-order chi connectivity index (χ1) is 12.7. The molecular formula is C19H25ClN4O3. The quantitative estimate of drug-likeness (QED) is 0.736. The number of methoxy groups -OCH3 is 1. The van der Waals surface area contributed by atoms with Crippen LogP contribution in [0, 0.1) is 0 Å². The van der Waals surface area contributed by atoms with Crippen LogP contribution in [0.2, 0.25) is 0 Å². The summed E-state index contributed by atoms with van der Waals surface area (Å²) in [6.45, 7) is 1.88. The first-order valence-corrected chi connectivity index (χ1v) is 8.86. The standard InChI is InChI=1S/C19H24N4O3.ClH/c1-26-18(24)12-17(14-6-3-2-4-7-14)21-19(25)16-9-11-23(22-16)15-8-5-10-20-13-15;/h2-4,6-7,9,11,15,17,20H,5,8,10,12-13H2,1H3,(H,21,25);1H. The van der Waals surface area contributed by atoms with Gasteiger partial charge in [0.2, 0.25) is 0 Å². The Bertz CT molecular complexity index is 744. The van der Waals surface area contributed by atoms with E-state index in [1.165, 1.54) is 7.11 Å². The van der Waals surface area contributed by atoms with Gasteiger partial charge in [0.15, 0.2) is 0 Å². The number of esters is 1. The van der Waals surface area contributed by atoms with Crippen LogP contribution in [0.1, 0.15) is 47.4 Å². The number of carbonyl (C=O) groups is 2. The number of nitrogens with one attached hydrogen (secondary N) is 2. The zero-order valence-corrected chi connectivity index (χ0v) is 16.1. The molecule has 0 radical (unpaired) electrons. The van der Waals surface area contributed by atoms with Gasteiger partial charge in [0.25, 0.3) is 5.91 Å². The Kier molecular flexibility index (Phi) is 7.82. The molecule has 1 fully saturated rings. The Morgan fingerprint density at radius 3 is 2.78 bits per heavy atom. The van der Waals surface area contributed by atoms with Gasteiger partial charge in [0, 0.05) is 12.7 Å². The molecule has 1 saturated heterocycles. The number of piperidine rings is 1. The number of ether oxygens (including phenoxy) is 1. The lowest BCUT2D eigenvalue weighted by molar-refractivity contribution is -0.141. The van der Waals surface area contributed by atoms with Crippen LogP contribution in [0.25, 0.3) is 0 Å². The van der Waals surface area contributed by atoms with Crippen molar-refractivity contribution in [1.29, 1.82) is 0 Å². The van der Waals surface area contributed by atoms with Gasteiger partial charge in [-0.2, -0.15) is 5.10 Å². The van der Waals surface area contributed by atoms with Gasteiger partial charge in [-0.3, -0.25) is 14.3 Å². The number of nitrogens with zero attached hydrogens (tertiary/aromatic N) is 2. The second kappa shape index (κ2) is 10.1. The third kappa shape index (κ3) is 5.55. The van der Waals surface area contributed by atoms with E-state index >= 15 is 0 Å². The second-order valence-corrected chi connectivity index (χ2v) is 6.40. The second-order valence-electron chi connectivity index (χ2n) is 6.40. The number of hydrogen-bond donors (Lipinski definition) is 2. The molecule has 7 nitrogen and oxygen atoms in total. The van der Waals surface area contributed by atoms with Gasteiger partial charge < -0.3 is 15.4 Å². The number of aromatic nitrogens is 2. The van der Waals surface area contributed by atoms with Crippen molar-refractivity contribution in [3.63, 3.8) is 0 Å². The Morgan fingerprint density at radius 2 is 2.11 bits per heavy atom. The van der Waals surface area contributed by atoms with Gasteiger partial charge in [0.1, 0.15) is 5.69 Å². The normalized spacial score (nSPS) is 17.4. The minimum atomic E-state index is -0.461. The molecule has 2 unspecified atom stereocenters. The van der Waals surface area contributed by atoms with Crippen LogP contribution >= 0.6 is 12.4 Å². The van der Waals surface area contributed by atoms with Crippen molar-refractivity contribution in [2.45, 2.75) is 31.3 Å². The number of amides is 1. The Labute approximate surface area is 164 Å². The van der Waals surface area contributed by atoms with Gasteiger partial charge in [-0.25, -0.2) is 0 Å². The van der Waals surface area contributed by atoms with Crippen LogP contribution in [0.5, 0.6) is 0 Å². The van der Waals surface area contributed by atoms with Gasteiger partial charge in [-0.1, -0.05) is 30.3 Å². The van der Waals surface area contributed by atoms with Gasteiger partial charge in [-0.15, -0.1) is 12.4 Å². The van der Waals surface area contributed by atoms with Crippen molar-refractivity contribution < 1.29 is 14.3 Å². The fourth-order valence-electron chi connectivity index (χ4n) is 3.14. The average molecular weight is 393 g/mol. The highest BCUT2D eigenvalue weighted by Gasteiger charge is 2.22. The van der Waals surface area contributed by atoms with Crippen molar-refractivity contribution in [3.8, 4) is 0 Å². The monoisotopic (exact) mass is 392 g/mol. The lowest BCUT2D eigenvalue weighted by Gasteiger charge is -2.23. The van der Waals surface area contributed by atoms with E-state index in [-0.39, 0.29) is 36.7 Å². The number of benzene rings is 1. The molecule has 0 aliphatic carbocycles. The summed E-state index contributed by atoms with van der Waals surface area (Å²) in [5.41, 5.74) is 1.20. The molecule has 2 aromatic rings. The molecule has 2 N–H and O–H groups in total. The minimum absolute atomic E-state index is 0. The first-order valence-electron chi connectivity index (χ1n) is 8.86. The Balaban J connectivity index is 0.00000261. The summed E-state index contributed by atoms with van der Waals surface area (Å²) >= 11 is 0. The summed E-state index contributed by atoms with van der Waals surface area (Å²) in [5.74, 6) is -0.678. The first kappa shape index (κ1) is 20.9. The van der Waals surface area contributed by atoms with Crippen LogP contribution in [-0.2, 0) is 9.53 Å². The van der Waals surface area contributed by atoms with Gasteiger partial charge in [-0.05, 0) is 31.0 Å². The summed E-state index contributed by atoms with van der Waals surface area (Å²) < 4.78 is 6.60. The molecule has 3 rings (SSSR count). The maximum atomic E-state index is 12.6. The zero-order chi connectivity index (χ0) is 18.4. The molecule has 1 amide bonds. The maximum absolute atomic E-state index is 12.6. The summed E-state index contributed by atoms with van der Waals surface area (Å²) in [7, 11) is 1.34. The lowest BCUT2D eigenvalue weighted by Crippen LogP contribution is -2.33. The average Bonchev–Trinajstić information content (AvgIpc) is 3.19. The number of rotatable bonds is 6. The summed E-state index contributed by atoms with van der Waals surface area (Å²) in [5, 5.41) is 10.7. The Hall–Kier alpha value is -2.38. The van der Waals surface area contributed by atoms with E-state index in [1.54, 1.807) is 6.07 Å². The smallest absolute Gasteiger partial charge is 0.307 e. The van der Waals surface area contributed by atoms with Crippen molar-refractivity contribution in [3.05, 3.63) is 53.9 Å². The van der Waals surface area contributed by atoms with Gasteiger partial charge in [0.05, 0.1) is 25.6 Å². The molecule has 27 heavy (non-hydrogen) atoms. The van der Waals surface area contributed by atoms with E-state index in [9.17, 15) is 9.59 Å². The molecule has 0 spiro atoms. The fourth-order valence-corrected chi connectivity index (χ4v) is 3.14. The van der Waals surface area contributed by atoms with E-state index < -0.39 is 6.04 Å². The topological polar surface area (TPSA) is 85.2 Å². The molecule has 1 aliphatic heterocycles. The van der Waals surface area contributed by atoms with E-state index in [0.29, 0.717) is 5.69 Å². The van der Waals surface area contributed by atoms with E-state index in [0.717, 1.165) is 31.5 Å². The highest BCUT2D eigenvalue weighted by molar-refractivity contribution is 5.92. The SMILES string of the molecule is COC(=O)CC(NC(=O)c1ccn(C2CCCNC2)n1)c1ccccc1.Cl.